The topological polar surface area (TPSA) is 113 Å². The Morgan fingerprint density at radius 2 is 2.04 bits per heavy atom. The quantitative estimate of drug-likeness (QED) is 0.467. The average molecular weight is 348 g/mol. The van der Waals surface area contributed by atoms with E-state index in [9.17, 15) is 20.3 Å². The van der Waals surface area contributed by atoms with E-state index in [1.165, 1.54) is 10.9 Å². The summed E-state index contributed by atoms with van der Waals surface area (Å²) in [6.07, 6.45) is 1.66. The lowest BCUT2D eigenvalue weighted by Gasteiger charge is -2.34. The van der Waals surface area contributed by atoms with Crippen LogP contribution in [0.1, 0.15) is 25.5 Å². The molecule has 25 heavy (non-hydrogen) atoms. The van der Waals surface area contributed by atoms with Gasteiger partial charge in [-0.3, -0.25) is 14.8 Å². The second kappa shape index (κ2) is 8.19. The lowest BCUT2D eigenvalue weighted by atomic mass is 9.81. The van der Waals surface area contributed by atoms with Gasteiger partial charge in [-0.2, -0.15) is 5.10 Å². The molecule has 0 radical (unpaired) electrons. The number of nitro groups is 1. The van der Waals surface area contributed by atoms with Gasteiger partial charge < -0.3 is 15.5 Å². The molecule has 8 heteroatoms. The molecule has 0 amide bonds. The van der Waals surface area contributed by atoms with Crippen molar-refractivity contribution < 1.29 is 15.1 Å². The number of aliphatic hydroxyl groups is 2. The first-order valence-electron chi connectivity index (χ1n) is 8.07. The molecule has 136 valence electrons. The van der Waals surface area contributed by atoms with Gasteiger partial charge in [0.25, 0.3) is 0 Å². The molecule has 0 fully saturated rings. The standard InChI is InChI=1S/C17H24N4O4/c1-17(2,12-22)16(13-6-4-3-5-7-13)18-9-15(23)11-20-10-14(8-19-20)21(24)25/h3-8,10,15-16,18,22-23H,9,11-12H2,1-2H3/t15-,16+/m1/s1. The van der Waals surface area contributed by atoms with Gasteiger partial charge in [-0.05, 0) is 5.56 Å². The van der Waals surface area contributed by atoms with Crippen LogP contribution in [0.4, 0.5) is 5.69 Å². The Morgan fingerprint density at radius 3 is 2.60 bits per heavy atom. The van der Waals surface area contributed by atoms with Gasteiger partial charge in [0.2, 0.25) is 0 Å². The molecule has 2 rings (SSSR count). The fourth-order valence-electron chi connectivity index (χ4n) is 2.66. The Balaban J connectivity index is 2.00. The molecule has 2 aromatic rings. The van der Waals surface area contributed by atoms with Crippen molar-refractivity contribution in [3.05, 3.63) is 58.4 Å². The normalized spacial score (nSPS) is 14.2. The van der Waals surface area contributed by atoms with Crippen LogP contribution in [0.3, 0.4) is 0 Å². The Morgan fingerprint density at radius 1 is 1.36 bits per heavy atom. The second-order valence-electron chi connectivity index (χ2n) is 6.73. The summed E-state index contributed by atoms with van der Waals surface area (Å²) in [5.74, 6) is 0. The summed E-state index contributed by atoms with van der Waals surface area (Å²) < 4.78 is 1.35. The van der Waals surface area contributed by atoms with Gasteiger partial charge in [-0.25, -0.2) is 0 Å². The molecule has 1 aromatic heterocycles. The Hall–Kier alpha value is -2.29. The third kappa shape index (κ3) is 5.09. The highest BCUT2D eigenvalue weighted by Gasteiger charge is 2.30. The molecule has 2 atom stereocenters. The summed E-state index contributed by atoms with van der Waals surface area (Å²) in [7, 11) is 0. The minimum atomic E-state index is -0.778. The number of benzene rings is 1. The van der Waals surface area contributed by atoms with E-state index in [0.717, 1.165) is 11.8 Å². The van der Waals surface area contributed by atoms with Crippen LogP contribution in [0.25, 0.3) is 0 Å². The van der Waals surface area contributed by atoms with Crippen LogP contribution in [0.5, 0.6) is 0 Å². The van der Waals surface area contributed by atoms with Crippen LogP contribution in [0, 0.1) is 15.5 Å². The van der Waals surface area contributed by atoms with Crippen molar-refractivity contribution in [3.8, 4) is 0 Å². The SMILES string of the molecule is CC(C)(CO)[C@@H](NC[C@@H](O)Cn1cc([N+](=O)[O-])cn1)c1ccccc1. The number of nitrogens with zero attached hydrogens (tertiary/aromatic N) is 3. The van der Waals surface area contributed by atoms with Crippen LogP contribution in [0.15, 0.2) is 42.7 Å². The van der Waals surface area contributed by atoms with E-state index in [0.29, 0.717) is 0 Å². The van der Waals surface area contributed by atoms with Crippen molar-refractivity contribution in [1.29, 1.82) is 0 Å². The highest BCUT2D eigenvalue weighted by atomic mass is 16.6. The van der Waals surface area contributed by atoms with E-state index < -0.39 is 16.4 Å². The minimum Gasteiger partial charge on any atom is -0.396 e. The zero-order chi connectivity index (χ0) is 18.4. The molecule has 0 unspecified atom stereocenters. The van der Waals surface area contributed by atoms with Crippen LogP contribution in [0.2, 0.25) is 0 Å². The van der Waals surface area contributed by atoms with Gasteiger partial charge in [0, 0.05) is 24.6 Å². The van der Waals surface area contributed by atoms with Crippen molar-refractivity contribution in [2.45, 2.75) is 32.5 Å². The molecule has 1 aromatic carbocycles. The fourth-order valence-corrected chi connectivity index (χ4v) is 2.66. The maximum atomic E-state index is 10.7. The predicted molar refractivity (Wildman–Crippen MR) is 92.9 cm³/mol. The number of aromatic nitrogens is 2. The van der Waals surface area contributed by atoms with Crippen LogP contribution in [-0.4, -0.2) is 44.2 Å². The molecule has 0 bridgehead atoms. The lowest BCUT2D eigenvalue weighted by molar-refractivity contribution is -0.385. The second-order valence-corrected chi connectivity index (χ2v) is 6.73. The van der Waals surface area contributed by atoms with Crippen LogP contribution in [-0.2, 0) is 6.54 Å². The summed E-state index contributed by atoms with van der Waals surface area (Å²) in [5, 5.41) is 37.8. The first-order valence-corrected chi connectivity index (χ1v) is 8.07. The number of hydrogen-bond acceptors (Lipinski definition) is 6. The van der Waals surface area contributed by atoms with E-state index in [-0.39, 0.29) is 31.4 Å². The summed E-state index contributed by atoms with van der Waals surface area (Å²) >= 11 is 0. The zero-order valence-corrected chi connectivity index (χ0v) is 14.4. The fraction of sp³-hybridized carbons (Fsp3) is 0.471. The van der Waals surface area contributed by atoms with Gasteiger partial charge in [0.05, 0.1) is 17.6 Å². The van der Waals surface area contributed by atoms with Gasteiger partial charge in [-0.1, -0.05) is 44.2 Å². The van der Waals surface area contributed by atoms with E-state index in [1.807, 2.05) is 44.2 Å². The van der Waals surface area contributed by atoms with Crippen LogP contribution >= 0.6 is 0 Å². The van der Waals surface area contributed by atoms with E-state index in [1.54, 1.807) is 0 Å². The molecule has 0 saturated heterocycles. The Bertz CT molecular complexity index is 687. The minimum absolute atomic E-state index is 0.0129. The molecule has 0 spiro atoms. The lowest BCUT2D eigenvalue weighted by Crippen LogP contribution is -2.41. The first kappa shape index (κ1) is 19.0. The first-order chi connectivity index (χ1) is 11.8. The molecule has 8 nitrogen and oxygen atoms in total. The van der Waals surface area contributed by atoms with E-state index in [4.69, 9.17) is 0 Å². The molecule has 0 aliphatic heterocycles. The third-order valence-corrected chi connectivity index (χ3v) is 4.11. The molecule has 0 saturated carbocycles. The van der Waals surface area contributed by atoms with E-state index in [2.05, 4.69) is 10.4 Å². The highest BCUT2D eigenvalue weighted by Crippen LogP contribution is 2.32. The number of aliphatic hydroxyl groups excluding tert-OH is 2. The maximum Gasteiger partial charge on any atom is 0.306 e. The summed E-state index contributed by atoms with van der Waals surface area (Å²) in [4.78, 5) is 10.1. The van der Waals surface area contributed by atoms with Gasteiger partial charge in [-0.15, -0.1) is 0 Å². The number of nitrogens with one attached hydrogen (secondary N) is 1. The highest BCUT2D eigenvalue weighted by molar-refractivity contribution is 5.21. The van der Waals surface area contributed by atoms with Crippen molar-refractivity contribution in [1.82, 2.24) is 15.1 Å². The average Bonchev–Trinajstić information content (AvgIpc) is 3.04. The van der Waals surface area contributed by atoms with Gasteiger partial charge >= 0.3 is 5.69 Å². The van der Waals surface area contributed by atoms with Crippen molar-refractivity contribution in [2.75, 3.05) is 13.2 Å². The van der Waals surface area contributed by atoms with E-state index >= 15 is 0 Å². The smallest absolute Gasteiger partial charge is 0.306 e. The molecule has 0 aliphatic carbocycles. The van der Waals surface area contributed by atoms with Gasteiger partial charge in [0.15, 0.2) is 0 Å². The van der Waals surface area contributed by atoms with Crippen LogP contribution < -0.4 is 5.32 Å². The molecular formula is C17H24N4O4. The van der Waals surface area contributed by atoms with Crippen molar-refractivity contribution in [3.63, 3.8) is 0 Å². The largest absolute Gasteiger partial charge is 0.396 e. The molecule has 1 heterocycles. The summed E-state index contributed by atoms with van der Waals surface area (Å²) in [6, 6.07) is 9.57. The molecule has 0 aliphatic rings. The van der Waals surface area contributed by atoms with Crippen molar-refractivity contribution in [2.24, 2.45) is 5.41 Å². The Labute approximate surface area is 146 Å². The zero-order valence-electron chi connectivity index (χ0n) is 14.4. The molecule has 3 N–H and O–H groups in total. The number of rotatable bonds is 9. The monoisotopic (exact) mass is 348 g/mol. The third-order valence-electron chi connectivity index (χ3n) is 4.11. The molecular weight excluding hydrogens is 324 g/mol. The van der Waals surface area contributed by atoms with Crippen molar-refractivity contribution >= 4 is 5.69 Å². The summed E-state index contributed by atoms with van der Waals surface area (Å²) in [6.45, 7) is 4.28. The van der Waals surface area contributed by atoms with Gasteiger partial charge in [0.1, 0.15) is 12.4 Å². The summed E-state index contributed by atoms with van der Waals surface area (Å²) in [5.41, 5.74) is 0.484. The maximum absolute atomic E-state index is 10.7. The Kier molecular flexibility index (Phi) is 6.24. The predicted octanol–water partition coefficient (Wildman–Crippen LogP) is 1.50. The number of hydrogen-bond donors (Lipinski definition) is 3.